The van der Waals surface area contributed by atoms with E-state index < -0.39 is 36.9 Å². The van der Waals surface area contributed by atoms with Gasteiger partial charge >= 0.3 is 5.97 Å². The summed E-state index contributed by atoms with van der Waals surface area (Å²) in [4.78, 5) is 11.6. The number of carbonyl (C=O) groups excluding carboxylic acids is 1. The zero-order valence-corrected chi connectivity index (χ0v) is 12.6. The number of ether oxygens (including phenoxy) is 1. The fourth-order valence-corrected chi connectivity index (χ4v) is 4.36. The van der Waals surface area contributed by atoms with Crippen molar-refractivity contribution in [1.29, 1.82) is 0 Å². The van der Waals surface area contributed by atoms with Crippen molar-refractivity contribution in [2.24, 2.45) is 0 Å². The van der Waals surface area contributed by atoms with Crippen molar-refractivity contribution < 1.29 is 26.4 Å². The smallest absolute Gasteiger partial charge is 0.342 e. The third kappa shape index (κ3) is 3.49. The van der Waals surface area contributed by atoms with Crippen molar-refractivity contribution in [2.75, 3.05) is 12.4 Å². The number of sulfone groups is 1. The molecular formula is C10H13N3O6S2. The molecule has 116 valence electrons. The lowest BCUT2D eigenvalue weighted by atomic mass is 10.4. The molecule has 9 nitrogen and oxygen atoms in total. The van der Waals surface area contributed by atoms with Gasteiger partial charge in [-0.25, -0.2) is 26.4 Å². The number of carbonyl (C=O) groups is 1. The van der Waals surface area contributed by atoms with Gasteiger partial charge < -0.3 is 4.74 Å². The Morgan fingerprint density at radius 2 is 2.29 bits per heavy atom. The molecule has 1 unspecified atom stereocenters. The molecule has 11 heteroatoms. The molecule has 0 spiro atoms. The van der Waals surface area contributed by atoms with Gasteiger partial charge in [-0.3, -0.25) is 5.10 Å². The third-order valence-corrected chi connectivity index (χ3v) is 5.46. The maximum absolute atomic E-state index is 12.2. The molecule has 21 heavy (non-hydrogen) atoms. The van der Waals surface area contributed by atoms with Crippen LogP contribution in [0.5, 0.6) is 0 Å². The SMILES string of the molecule is CCOC(=O)c1cn[nH]c1S(=O)(=O)NC1C=CS(=O)(=O)C1. The van der Waals surface area contributed by atoms with Gasteiger partial charge in [0.25, 0.3) is 10.0 Å². The van der Waals surface area contributed by atoms with Crippen LogP contribution in [0, 0.1) is 0 Å². The zero-order chi connectivity index (χ0) is 15.7. The molecule has 1 aromatic rings. The summed E-state index contributed by atoms with van der Waals surface area (Å²) in [6.07, 6.45) is 2.26. The van der Waals surface area contributed by atoms with E-state index in [0.717, 1.165) is 11.6 Å². The zero-order valence-electron chi connectivity index (χ0n) is 10.9. The van der Waals surface area contributed by atoms with E-state index in [1.807, 2.05) is 0 Å². The second-order valence-electron chi connectivity index (χ2n) is 4.22. The van der Waals surface area contributed by atoms with Crippen molar-refractivity contribution in [2.45, 2.75) is 18.0 Å². The number of H-pyrrole nitrogens is 1. The van der Waals surface area contributed by atoms with Crippen molar-refractivity contribution >= 4 is 25.8 Å². The monoisotopic (exact) mass is 335 g/mol. The summed E-state index contributed by atoms with van der Waals surface area (Å²) in [5.74, 6) is -1.20. The van der Waals surface area contributed by atoms with E-state index in [2.05, 4.69) is 14.9 Å². The van der Waals surface area contributed by atoms with Crippen LogP contribution in [0.2, 0.25) is 0 Å². The van der Waals surface area contributed by atoms with E-state index >= 15 is 0 Å². The van der Waals surface area contributed by atoms with Gasteiger partial charge in [-0.1, -0.05) is 6.08 Å². The molecule has 0 radical (unpaired) electrons. The van der Waals surface area contributed by atoms with Crippen LogP contribution in [0.25, 0.3) is 0 Å². The average molecular weight is 335 g/mol. The molecule has 2 rings (SSSR count). The summed E-state index contributed by atoms with van der Waals surface area (Å²) in [7, 11) is -7.53. The van der Waals surface area contributed by atoms with E-state index in [9.17, 15) is 21.6 Å². The van der Waals surface area contributed by atoms with E-state index in [4.69, 9.17) is 4.74 Å². The summed E-state index contributed by atoms with van der Waals surface area (Å²) in [6, 6.07) is -0.890. The highest BCUT2D eigenvalue weighted by molar-refractivity contribution is 7.94. The van der Waals surface area contributed by atoms with Gasteiger partial charge in [0.15, 0.2) is 14.9 Å². The fraction of sp³-hybridized carbons (Fsp3) is 0.400. The number of sulfonamides is 1. The normalized spacial score (nSPS) is 20.5. The number of nitrogens with one attached hydrogen (secondary N) is 2. The van der Waals surface area contributed by atoms with Gasteiger partial charge in [0.2, 0.25) is 0 Å². The third-order valence-electron chi connectivity index (χ3n) is 2.61. The Bertz CT molecular complexity index is 777. The van der Waals surface area contributed by atoms with Crippen molar-refractivity contribution in [3.05, 3.63) is 23.2 Å². The van der Waals surface area contributed by atoms with Gasteiger partial charge in [0.1, 0.15) is 5.56 Å². The standard InChI is InChI=1S/C10H13N3O6S2/c1-2-19-10(14)8-5-11-12-9(8)21(17,18)13-7-3-4-20(15,16)6-7/h3-5,7,13H,2,6H2,1H3,(H,11,12). The second-order valence-corrected chi connectivity index (χ2v) is 7.80. The van der Waals surface area contributed by atoms with E-state index in [0.29, 0.717) is 0 Å². The molecule has 0 amide bonds. The minimum absolute atomic E-state index is 0.0839. The van der Waals surface area contributed by atoms with Gasteiger partial charge in [0, 0.05) is 5.41 Å². The minimum Gasteiger partial charge on any atom is -0.462 e. The molecule has 0 aromatic carbocycles. The van der Waals surface area contributed by atoms with Crippen LogP contribution in [0.1, 0.15) is 17.3 Å². The van der Waals surface area contributed by atoms with Gasteiger partial charge in [-0.05, 0) is 6.92 Å². The van der Waals surface area contributed by atoms with Crippen LogP contribution in [0.15, 0.2) is 22.7 Å². The van der Waals surface area contributed by atoms with Crippen LogP contribution in [0.4, 0.5) is 0 Å². The maximum atomic E-state index is 12.2. The summed E-state index contributed by atoms with van der Waals surface area (Å²) in [5, 5.41) is 6.20. The number of hydrogen-bond acceptors (Lipinski definition) is 7. The second kappa shape index (κ2) is 5.58. The number of nitrogens with zero attached hydrogens (tertiary/aromatic N) is 1. The van der Waals surface area contributed by atoms with Gasteiger partial charge in [-0.2, -0.15) is 5.10 Å². The Kier molecular flexibility index (Phi) is 4.16. The van der Waals surface area contributed by atoms with Crippen molar-refractivity contribution in [3.8, 4) is 0 Å². The molecule has 1 atom stereocenters. The molecule has 2 N–H and O–H groups in total. The Labute approximate surface area is 121 Å². The predicted octanol–water partition coefficient (Wildman–Crippen LogP) is -0.825. The minimum atomic E-state index is -4.13. The predicted molar refractivity (Wildman–Crippen MR) is 71.6 cm³/mol. The Balaban J connectivity index is 2.24. The molecule has 1 aliphatic heterocycles. The highest BCUT2D eigenvalue weighted by Crippen LogP contribution is 2.16. The lowest BCUT2D eigenvalue weighted by Crippen LogP contribution is -2.36. The average Bonchev–Trinajstić information content (AvgIpc) is 2.96. The van der Waals surface area contributed by atoms with Crippen LogP contribution in [-0.2, 0) is 24.6 Å². The number of esters is 1. The lowest BCUT2D eigenvalue weighted by Gasteiger charge is -2.10. The molecule has 0 fully saturated rings. The topological polar surface area (TPSA) is 135 Å². The van der Waals surface area contributed by atoms with Crippen LogP contribution in [-0.4, -0.2) is 51.4 Å². The first-order valence-electron chi connectivity index (χ1n) is 5.89. The first kappa shape index (κ1) is 15.7. The number of rotatable bonds is 5. The molecule has 0 aliphatic carbocycles. The van der Waals surface area contributed by atoms with Crippen LogP contribution in [0.3, 0.4) is 0 Å². The maximum Gasteiger partial charge on any atom is 0.342 e. The van der Waals surface area contributed by atoms with Gasteiger partial charge in [0.05, 0.1) is 24.6 Å². The molecule has 0 saturated carbocycles. The Morgan fingerprint density at radius 1 is 1.57 bits per heavy atom. The fourth-order valence-electron chi connectivity index (χ4n) is 1.74. The van der Waals surface area contributed by atoms with Crippen molar-refractivity contribution in [3.63, 3.8) is 0 Å². The molecule has 1 aromatic heterocycles. The quantitative estimate of drug-likeness (QED) is 0.671. The lowest BCUT2D eigenvalue weighted by molar-refractivity contribution is 0.0522. The number of aromatic nitrogens is 2. The highest BCUT2D eigenvalue weighted by Gasteiger charge is 2.31. The summed E-state index contributed by atoms with van der Waals surface area (Å²) >= 11 is 0. The first-order chi connectivity index (χ1) is 9.75. The summed E-state index contributed by atoms with van der Waals surface area (Å²) in [6.45, 7) is 1.67. The van der Waals surface area contributed by atoms with Crippen LogP contribution >= 0.6 is 0 Å². The first-order valence-corrected chi connectivity index (χ1v) is 9.09. The van der Waals surface area contributed by atoms with E-state index in [-0.39, 0.29) is 17.9 Å². The van der Waals surface area contributed by atoms with Crippen molar-refractivity contribution in [1.82, 2.24) is 14.9 Å². The summed E-state index contributed by atoms with van der Waals surface area (Å²) < 4.78 is 53.8. The Hall–Kier alpha value is -1.72. The molecule has 2 heterocycles. The van der Waals surface area contributed by atoms with Crippen LogP contribution < -0.4 is 4.72 Å². The number of hydrogen-bond donors (Lipinski definition) is 2. The number of aromatic amines is 1. The summed E-state index contributed by atoms with van der Waals surface area (Å²) in [5.41, 5.74) is -0.241. The van der Waals surface area contributed by atoms with E-state index in [1.54, 1.807) is 6.92 Å². The van der Waals surface area contributed by atoms with Gasteiger partial charge in [-0.15, -0.1) is 0 Å². The van der Waals surface area contributed by atoms with E-state index in [1.165, 1.54) is 6.08 Å². The highest BCUT2D eigenvalue weighted by atomic mass is 32.2. The largest absolute Gasteiger partial charge is 0.462 e. The molecule has 1 aliphatic rings. The Morgan fingerprint density at radius 3 is 2.86 bits per heavy atom. The molecular weight excluding hydrogens is 322 g/mol. The molecule has 0 bridgehead atoms. The molecule has 0 saturated heterocycles.